The largest absolute Gasteiger partial charge is 0.497 e. The molecule has 25 heavy (non-hydrogen) atoms. The Labute approximate surface area is 146 Å². The van der Waals surface area contributed by atoms with Gasteiger partial charge in [0, 0.05) is 37.8 Å². The van der Waals surface area contributed by atoms with E-state index in [9.17, 15) is 4.79 Å². The van der Waals surface area contributed by atoms with Crippen molar-refractivity contribution in [3.05, 3.63) is 54.0 Å². The van der Waals surface area contributed by atoms with Gasteiger partial charge in [0.1, 0.15) is 17.1 Å². The van der Waals surface area contributed by atoms with Gasteiger partial charge in [-0.05, 0) is 42.8 Å². The minimum absolute atomic E-state index is 0.0574. The number of benzene rings is 1. The molecule has 3 aromatic rings. The van der Waals surface area contributed by atoms with E-state index in [4.69, 9.17) is 9.72 Å². The zero-order chi connectivity index (χ0) is 17.4. The average molecular weight is 336 g/mol. The molecule has 1 amide bonds. The summed E-state index contributed by atoms with van der Waals surface area (Å²) in [6, 6.07) is 11.1. The quantitative estimate of drug-likeness (QED) is 0.738. The zero-order valence-electron chi connectivity index (χ0n) is 14.3. The highest BCUT2D eigenvalue weighted by molar-refractivity contribution is 5.94. The molecule has 2 aromatic heterocycles. The third-order valence-corrected chi connectivity index (χ3v) is 4.84. The Hall–Kier alpha value is -2.89. The van der Waals surface area contributed by atoms with Crippen LogP contribution in [-0.2, 0) is 7.05 Å². The van der Waals surface area contributed by atoms with Crippen LogP contribution in [0.5, 0.6) is 5.75 Å². The summed E-state index contributed by atoms with van der Waals surface area (Å²) in [6.45, 7) is 1.42. The number of methoxy groups -OCH3 is 1. The standard InChI is InChI=1S/C19H20N4O2/c1-22-17(21-16-4-3-10-20-18(16)22)14-9-11-23(12-14)19(24)13-5-7-15(25-2)8-6-13/h3-8,10,14H,9,11-12H2,1-2H3/t14-/m0/s1. The lowest BCUT2D eigenvalue weighted by molar-refractivity contribution is 0.0790. The number of nitrogens with zero attached hydrogens (tertiary/aromatic N) is 4. The van der Waals surface area contributed by atoms with Gasteiger partial charge in [-0.25, -0.2) is 9.97 Å². The summed E-state index contributed by atoms with van der Waals surface area (Å²) in [4.78, 5) is 23.8. The Balaban J connectivity index is 1.53. The highest BCUT2D eigenvalue weighted by Crippen LogP contribution is 2.29. The van der Waals surface area contributed by atoms with Gasteiger partial charge in [0.2, 0.25) is 0 Å². The van der Waals surface area contributed by atoms with Crippen LogP contribution in [0.2, 0.25) is 0 Å². The van der Waals surface area contributed by atoms with Crippen LogP contribution in [-0.4, -0.2) is 45.5 Å². The maximum atomic E-state index is 12.7. The number of aryl methyl sites for hydroxylation is 1. The zero-order valence-corrected chi connectivity index (χ0v) is 14.3. The molecule has 1 aliphatic heterocycles. The maximum Gasteiger partial charge on any atom is 0.253 e. The number of hydrogen-bond acceptors (Lipinski definition) is 4. The lowest BCUT2D eigenvalue weighted by atomic mass is 10.1. The van der Waals surface area contributed by atoms with Gasteiger partial charge in [0.15, 0.2) is 5.65 Å². The van der Waals surface area contributed by atoms with E-state index in [-0.39, 0.29) is 11.8 Å². The van der Waals surface area contributed by atoms with E-state index in [0.717, 1.165) is 35.7 Å². The predicted molar refractivity (Wildman–Crippen MR) is 94.8 cm³/mol. The highest BCUT2D eigenvalue weighted by Gasteiger charge is 2.31. The van der Waals surface area contributed by atoms with Crippen molar-refractivity contribution in [3.63, 3.8) is 0 Å². The molecule has 1 atom stereocenters. The fourth-order valence-corrected chi connectivity index (χ4v) is 3.48. The van der Waals surface area contributed by atoms with Crippen LogP contribution in [0.15, 0.2) is 42.6 Å². The van der Waals surface area contributed by atoms with Crippen molar-refractivity contribution in [1.82, 2.24) is 19.4 Å². The Kier molecular flexibility index (Phi) is 3.87. The fraction of sp³-hybridized carbons (Fsp3) is 0.316. The van der Waals surface area contributed by atoms with Crippen LogP contribution in [0.4, 0.5) is 0 Å². The summed E-state index contributed by atoms with van der Waals surface area (Å²) in [6.07, 6.45) is 2.70. The van der Waals surface area contributed by atoms with E-state index in [1.54, 1.807) is 13.3 Å². The first-order valence-corrected chi connectivity index (χ1v) is 8.38. The first kappa shape index (κ1) is 15.6. The molecule has 1 aliphatic rings. The minimum atomic E-state index is 0.0574. The molecule has 3 heterocycles. The fourth-order valence-electron chi connectivity index (χ4n) is 3.48. The number of fused-ring (bicyclic) bond motifs is 1. The van der Waals surface area contributed by atoms with Crippen LogP contribution in [0.25, 0.3) is 11.2 Å². The highest BCUT2D eigenvalue weighted by atomic mass is 16.5. The molecule has 6 nitrogen and oxygen atoms in total. The van der Waals surface area contributed by atoms with Crippen LogP contribution >= 0.6 is 0 Å². The van der Waals surface area contributed by atoms with Crippen molar-refractivity contribution in [1.29, 1.82) is 0 Å². The van der Waals surface area contributed by atoms with Gasteiger partial charge in [-0.15, -0.1) is 0 Å². The molecule has 0 radical (unpaired) electrons. The molecule has 0 unspecified atom stereocenters. The molecular formula is C19H20N4O2. The summed E-state index contributed by atoms with van der Waals surface area (Å²) >= 11 is 0. The van der Waals surface area contributed by atoms with Crippen LogP contribution in [0.3, 0.4) is 0 Å². The van der Waals surface area contributed by atoms with E-state index in [0.29, 0.717) is 12.1 Å². The average Bonchev–Trinajstić information content (AvgIpc) is 3.27. The smallest absolute Gasteiger partial charge is 0.253 e. The lowest BCUT2D eigenvalue weighted by Gasteiger charge is -2.16. The summed E-state index contributed by atoms with van der Waals surface area (Å²) in [7, 11) is 3.61. The maximum absolute atomic E-state index is 12.7. The Morgan fingerprint density at radius 2 is 2.04 bits per heavy atom. The topological polar surface area (TPSA) is 60.2 Å². The summed E-state index contributed by atoms with van der Waals surface area (Å²) in [5, 5.41) is 0. The predicted octanol–water partition coefficient (Wildman–Crippen LogP) is 2.61. The number of rotatable bonds is 3. The van der Waals surface area contributed by atoms with E-state index in [2.05, 4.69) is 4.98 Å². The lowest BCUT2D eigenvalue weighted by Crippen LogP contribution is -2.28. The van der Waals surface area contributed by atoms with Crippen LogP contribution in [0.1, 0.15) is 28.5 Å². The molecule has 0 aliphatic carbocycles. The summed E-state index contributed by atoms with van der Waals surface area (Å²) in [5.41, 5.74) is 2.48. The van der Waals surface area contributed by atoms with Crippen molar-refractivity contribution >= 4 is 17.1 Å². The third kappa shape index (κ3) is 2.73. The van der Waals surface area contributed by atoms with Gasteiger partial charge in [-0.2, -0.15) is 0 Å². The Morgan fingerprint density at radius 1 is 1.24 bits per heavy atom. The number of pyridine rings is 1. The summed E-state index contributed by atoms with van der Waals surface area (Å²) < 4.78 is 7.19. The number of hydrogen-bond donors (Lipinski definition) is 0. The number of amides is 1. The molecule has 0 saturated carbocycles. The molecule has 0 N–H and O–H groups in total. The first-order valence-electron chi connectivity index (χ1n) is 8.38. The third-order valence-electron chi connectivity index (χ3n) is 4.84. The van der Waals surface area contributed by atoms with E-state index < -0.39 is 0 Å². The van der Waals surface area contributed by atoms with Crippen LogP contribution < -0.4 is 4.74 Å². The number of imidazole rings is 1. The number of ether oxygens (including phenoxy) is 1. The van der Waals surface area contributed by atoms with Gasteiger partial charge >= 0.3 is 0 Å². The molecule has 1 fully saturated rings. The molecule has 0 spiro atoms. The number of carbonyl (C=O) groups is 1. The second-order valence-corrected chi connectivity index (χ2v) is 6.34. The molecule has 0 bridgehead atoms. The van der Waals surface area contributed by atoms with Gasteiger partial charge in [0.05, 0.1) is 7.11 Å². The van der Waals surface area contributed by atoms with Crippen molar-refractivity contribution in [2.24, 2.45) is 7.05 Å². The van der Waals surface area contributed by atoms with E-state index in [1.807, 2.05) is 52.9 Å². The van der Waals surface area contributed by atoms with Crippen molar-refractivity contribution in [2.45, 2.75) is 12.3 Å². The molecule has 6 heteroatoms. The van der Waals surface area contributed by atoms with Crippen molar-refractivity contribution < 1.29 is 9.53 Å². The monoisotopic (exact) mass is 336 g/mol. The van der Waals surface area contributed by atoms with Gasteiger partial charge in [0.25, 0.3) is 5.91 Å². The normalized spacial score (nSPS) is 17.2. The van der Waals surface area contributed by atoms with Gasteiger partial charge in [-0.1, -0.05) is 0 Å². The minimum Gasteiger partial charge on any atom is -0.497 e. The Bertz CT molecular complexity index is 917. The Morgan fingerprint density at radius 3 is 2.76 bits per heavy atom. The number of likely N-dealkylation sites (tertiary alicyclic amines) is 1. The second-order valence-electron chi connectivity index (χ2n) is 6.34. The molecule has 1 saturated heterocycles. The summed E-state index contributed by atoms with van der Waals surface area (Å²) in [5.74, 6) is 2.05. The SMILES string of the molecule is COc1ccc(C(=O)N2CC[C@H](c3nc4cccnc4n3C)C2)cc1. The van der Waals surface area contributed by atoms with E-state index >= 15 is 0 Å². The van der Waals surface area contributed by atoms with Crippen molar-refractivity contribution in [2.75, 3.05) is 20.2 Å². The first-order chi connectivity index (χ1) is 12.2. The van der Waals surface area contributed by atoms with Gasteiger partial charge in [-0.3, -0.25) is 4.79 Å². The van der Waals surface area contributed by atoms with E-state index in [1.165, 1.54) is 0 Å². The molecule has 128 valence electrons. The number of carbonyl (C=O) groups excluding carboxylic acids is 1. The van der Waals surface area contributed by atoms with Crippen LogP contribution in [0, 0.1) is 0 Å². The second kappa shape index (κ2) is 6.20. The van der Waals surface area contributed by atoms with Gasteiger partial charge < -0.3 is 14.2 Å². The number of aromatic nitrogens is 3. The molecular weight excluding hydrogens is 316 g/mol. The molecule has 4 rings (SSSR count). The van der Waals surface area contributed by atoms with Crippen molar-refractivity contribution in [3.8, 4) is 5.75 Å². The molecule has 1 aromatic carbocycles.